The third-order valence-electron chi connectivity index (χ3n) is 3.84. The molecule has 0 aliphatic heterocycles. The maximum absolute atomic E-state index is 12.5. The number of rotatable bonds is 3. The normalized spacial score (nSPS) is 10.8. The molecule has 1 aromatic carbocycles. The van der Waals surface area contributed by atoms with Gasteiger partial charge in [0.1, 0.15) is 5.82 Å². The molecule has 122 valence electrons. The molecular formula is C18H14N6O. The number of hydrogen-bond acceptors (Lipinski definition) is 5. The van der Waals surface area contributed by atoms with Gasteiger partial charge in [0.05, 0.1) is 23.1 Å². The predicted molar refractivity (Wildman–Crippen MR) is 93.6 cm³/mol. The number of nitrogens with one attached hydrogen (secondary N) is 1. The molecule has 0 aliphatic carbocycles. The first kappa shape index (κ1) is 14.9. The van der Waals surface area contributed by atoms with E-state index in [4.69, 9.17) is 0 Å². The van der Waals surface area contributed by atoms with Gasteiger partial charge in [0.2, 0.25) is 0 Å². The molecule has 0 radical (unpaired) electrons. The van der Waals surface area contributed by atoms with Gasteiger partial charge in [-0.3, -0.25) is 9.78 Å². The average molecular weight is 330 g/mol. The van der Waals surface area contributed by atoms with Gasteiger partial charge >= 0.3 is 0 Å². The monoisotopic (exact) mass is 330 g/mol. The second-order valence-electron chi connectivity index (χ2n) is 5.49. The zero-order valence-corrected chi connectivity index (χ0v) is 13.4. The minimum absolute atomic E-state index is 0.249. The Hall–Kier alpha value is -3.61. The zero-order valence-electron chi connectivity index (χ0n) is 13.4. The van der Waals surface area contributed by atoms with Gasteiger partial charge in [-0.1, -0.05) is 23.4 Å². The third kappa shape index (κ3) is 2.83. The number of aromatic nitrogens is 5. The minimum Gasteiger partial charge on any atom is -0.305 e. The Balaban J connectivity index is 1.61. The fraction of sp³-hybridized carbons (Fsp3) is 0.0556. The summed E-state index contributed by atoms with van der Waals surface area (Å²) in [6.45, 7) is 1.79. The lowest BCUT2D eigenvalue weighted by Crippen LogP contribution is -2.15. The molecule has 7 nitrogen and oxygen atoms in total. The average Bonchev–Trinajstić information content (AvgIpc) is 3.04. The summed E-state index contributed by atoms with van der Waals surface area (Å²) >= 11 is 0. The van der Waals surface area contributed by atoms with Crippen LogP contribution in [0.4, 0.5) is 5.82 Å². The number of carbonyl (C=O) groups is 1. The quantitative estimate of drug-likeness (QED) is 0.624. The first-order valence-electron chi connectivity index (χ1n) is 7.72. The molecule has 1 N–H and O–H groups in total. The van der Waals surface area contributed by atoms with Crippen molar-refractivity contribution in [2.45, 2.75) is 6.92 Å². The molecule has 25 heavy (non-hydrogen) atoms. The maximum Gasteiger partial charge on any atom is 0.279 e. The maximum atomic E-state index is 12.5. The molecule has 4 rings (SSSR count). The molecule has 0 saturated carbocycles. The van der Waals surface area contributed by atoms with Crippen molar-refractivity contribution in [1.82, 2.24) is 25.0 Å². The van der Waals surface area contributed by atoms with Crippen molar-refractivity contribution in [1.29, 1.82) is 0 Å². The van der Waals surface area contributed by atoms with E-state index in [-0.39, 0.29) is 11.6 Å². The molecule has 0 spiro atoms. The summed E-state index contributed by atoms with van der Waals surface area (Å²) in [6.07, 6.45) is 3.34. The highest BCUT2D eigenvalue weighted by Crippen LogP contribution is 2.16. The van der Waals surface area contributed by atoms with Crippen LogP contribution in [0, 0.1) is 6.92 Å². The molecule has 0 bridgehead atoms. The summed E-state index contributed by atoms with van der Waals surface area (Å²) in [5, 5.41) is 11.8. The lowest BCUT2D eigenvalue weighted by atomic mass is 10.2. The Labute approximate surface area is 143 Å². The predicted octanol–water partition coefficient (Wildman–Crippen LogP) is 2.77. The van der Waals surface area contributed by atoms with Crippen molar-refractivity contribution in [3.8, 4) is 5.69 Å². The van der Waals surface area contributed by atoms with E-state index in [0.29, 0.717) is 11.5 Å². The van der Waals surface area contributed by atoms with E-state index in [9.17, 15) is 4.79 Å². The van der Waals surface area contributed by atoms with Crippen molar-refractivity contribution >= 4 is 22.6 Å². The van der Waals surface area contributed by atoms with E-state index in [1.54, 1.807) is 36.1 Å². The largest absolute Gasteiger partial charge is 0.305 e. The molecule has 0 unspecified atom stereocenters. The van der Waals surface area contributed by atoms with Crippen molar-refractivity contribution in [2.75, 3.05) is 5.32 Å². The van der Waals surface area contributed by atoms with E-state index in [2.05, 4.69) is 25.6 Å². The van der Waals surface area contributed by atoms with Crippen LogP contribution in [0.25, 0.3) is 16.6 Å². The van der Waals surface area contributed by atoms with Crippen LogP contribution in [0.1, 0.15) is 16.2 Å². The van der Waals surface area contributed by atoms with Crippen LogP contribution in [0.5, 0.6) is 0 Å². The van der Waals surface area contributed by atoms with E-state index in [1.165, 1.54) is 0 Å². The van der Waals surface area contributed by atoms with E-state index < -0.39 is 0 Å². The summed E-state index contributed by atoms with van der Waals surface area (Å²) in [4.78, 5) is 21.0. The van der Waals surface area contributed by atoms with E-state index >= 15 is 0 Å². The fourth-order valence-electron chi connectivity index (χ4n) is 2.57. The van der Waals surface area contributed by atoms with Crippen LogP contribution >= 0.6 is 0 Å². The number of pyridine rings is 2. The zero-order chi connectivity index (χ0) is 17.2. The number of para-hydroxylation sites is 1. The van der Waals surface area contributed by atoms with Crippen molar-refractivity contribution < 1.29 is 4.79 Å². The fourth-order valence-corrected chi connectivity index (χ4v) is 2.57. The first-order chi connectivity index (χ1) is 12.2. The summed E-state index contributed by atoms with van der Waals surface area (Å²) in [6, 6.07) is 15.0. The standard InChI is InChI=1S/C18H14N6O/c1-12-17(22-23-24(12)14-6-4-10-19-11-14)18(25)21-16-9-8-13-5-2-3-7-15(13)20-16/h2-11H,1H3,(H,20,21,25). The highest BCUT2D eigenvalue weighted by molar-refractivity contribution is 6.03. The topological polar surface area (TPSA) is 85.6 Å². The Bertz CT molecular complexity index is 1060. The van der Waals surface area contributed by atoms with Crippen LogP contribution in [0.3, 0.4) is 0 Å². The molecule has 7 heteroatoms. The van der Waals surface area contributed by atoms with Gasteiger partial charge in [0.15, 0.2) is 5.69 Å². The second kappa shape index (κ2) is 6.12. The van der Waals surface area contributed by atoms with Crippen LogP contribution < -0.4 is 5.32 Å². The Morgan fingerprint density at radius 3 is 2.80 bits per heavy atom. The lowest BCUT2D eigenvalue weighted by Gasteiger charge is -2.05. The number of benzene rings is 1. The molecule has 0 fully saturated rings. The molecule has 1 amide bonds. The molecular weight excluding hydrogens is 316 g/mol. The first-order valence-corrected chi connectivity index (χ1v) is 7.72. The van der Waals surface area contributed by atoms with Crippen LogP contribution in [-0.2, 0) is 0 Å². The SMILES string of the molecule is Cc1c(C(=O)Nc2ccc3ccccc3n2)nnn1-c1cccnc1. The number of anilines is 1. The van der Waals surface area contributed by atoms with Gasteiger partial charge in [-0.2, -0.15) is 0 Å². The molecule has 0 atom stereocenters. The van der Waals surface area contributed by atoms with Gasteiger partial charge in [0, 0.05) is 11.6 Å². The van der Waals surface area contributed by atoms with Gasteiger partial charge in [0.25, 0.3) is 5.91 Å². The van der Waals surface area contributed by atoms with Crippen molar-refractivity contribution in [2.24, 2.45) is 0 Å². The van der Waals surface area contributed by atoms with Gasteiger partial charge in [-0.05, 0) is 37.3 Å². The highest BCUT2D eigenvalue weighted by atomic mass is 16.2. The van der Waals surface area contributed by atoms with Crippen LogP contribution in [-0.4, -0.2) is 30.9 Å². The molecule has 0 aliphatic rings. The number of carbonyl (C=O) groups excluding carboxylic acids is 1. The minimum atomic E-state index is -0.351. The van der Waals surface area contributed by atoms with E-state index in [0.717, 1.165) is 16.6 Å². The van der Waals surface area contributed by atoms with Gasteiger partial charge in [-0.25, -0.2) is 9.67 Å². The summed E-state index contributed by atoms with van der Waals surface area (Å²) in [5.41, 5.74) is 2.44. The number of hydrogen-bond donors (Lipinski definition) is 1. The molecule has 0 saturated heterocycles. The number of nitrogens with zero attached hydrogens (tertiary/aromatic N) is 5. The third-order valence-corrected chi connectivity index (χ3v) is 3.84. The Kier molecular flexibility index (Phi) is 3.66. The van der Waals surface area contributed by atoms with Gasteiger partial charge in [-0.15, -0.1) is 5.10 Å². The van der Waals surface area contributed by atoms with Crippen LogP contribution in [0.15, 0.2) is 60.9 Å². The summed E-state index contributed by atoms with van der Waals surface area (Å²) in [7, 11) is 0. The van der Waals surface area contributed by atoms with Crippen molar-refractivity contribution in [3.05, 3.63) is 72.3 Å². The highest BCUT2D eigenvalue weighted by Gasteiger charge is 2.18. The molecule has 3 aromatic heterocycles. The molecule has 4 aromatic rings. The van der Waals surface area contributed by atoms with Crippen LogP contribution in [0.2, 0.25) is 0 Å². The Morgan fingerprint density at radius 1 is 1.08 bits per heavy atom. The molecule has 3 heterocycles. The Morgan fingerprint density at radius 2 is 1.96 bits per heavy atom. The smallest absolute Gasteiger partial charge is 0.279 e. The van der Waals surface area contributed by atoms with E-state index in [1.807, 2.05) is 36.4 Å². The van der Waals surface area contributed by atoms with Crippen molar-refractivity contribution in [3.63, 3.8) is 0 Å². The number of fused-ring (bicyclic) bond motifs is 1. The number of amides is 1. The van der Waals surface area contributed by atoms with Gasteiger partial charge < -0.3 is 5.32 Å². The lowest BCUT2D eigenvalue weighted by molar-refractivity contribution is 0.102. The summed E-state index contributed by atoms with van der Waals surface area (Å²) in [5.74, 6) is 0.120. The second-order valence-corrected chi connectivity index (χ2v) is 5.49. The summed E-state index contributed by atoms with van der Waals surface area (Å²) < 4.78 is 1.58.